The number of guanidine groups is 1. The van der Waals surface area contributed by atoms with Crippen LogP contribution in [0.15, 0.2) is 11.3 Å². The van der Waals surface area contributed by atoms with Gasteiger partial charge < -0.3 is 10.0 Å². The zero-order valence-electron chi connectivity index (χ0n) is 9.98. The second-order valence-electron chi connectivity index (χ2n) is 4.28. The van der Waals surface area contributed by atoms with Gasteiger partial charge in [-0.25, -0.2) is 10.6 Å². The minimum atomic E-state index is -0.981. The first-order valence-corrected chi connectivity index (χ1v) is 5.09. The Bertz CT molecular complexity index is 362. The predicted octanol–water partition coefficient (Wildman–Crippen LogP) is 0.425. The van der Waals surface area contributed by atoms with Gasteiger partial charge in [0.25, 0.3) is 0 Å². The molecule has 0 spiro atoms. The highest BCUT2D eigenvalue weighted by molar-refractivity contribution is 5.93. The molecule has 0 aromatic carbocycles. The van der Waals surface area contributed by atoms with Crippen LogP contribution in [0.25, 0.3) is 0 Å². The smallest absolute Gasteiger partial charge is 0.335 e. The van der Waals surface area contributed by atoms with E-state index in [1.54, 1.807) is 14.0 Å². The molecule has 0 saturated heterocycles. The Balaban J connectivity index is 3.34. The Morgan fingerprint density at radius 3 is 2.44 bits per heavy atom. The summed E-state index contributed by atoms with van der Waals surface area (Å²) in [6.45, 7) is 5.47. The Labute approximate surface area is 94.8 Å². The number of nitrogens with zero attached hydrogens (tertiary/aromatic N) is 2. The van der Waals surface area contributed by atoms with Gasteiger partial charge in [-0.2, -0.15) is 0 Å². The van der Waals surface area contributed by atoms with Gasteiger partial charge in [-0.15, -0.1) is 0 Å². The standard InChI is InChI=1S/C10H18N4O2/c1-5(2)8-7(9(15)16)6(3)13(4)10(11)14(8)12/h5,8,11H,12H2,1-4H3,(H,15,16). The van der Waals surface area contributed by atoms with Gasteiger partial charge in [-0.1, -0.05) is 13.8 Å². The van der Waals surface area contributed by atoms with Gasteiger partial charge in [-0.05, 0) is 12.8 Å². The number of hydrogen-bond donors (Lipinski definition) is 3. The van der Waals surface area contributed by atoms with Crippen LogP contribution in [-0.4, -0.2) is 40.0 Å². The molecule has 1 aliphatic heterocycles. The number of carbonyl (C=O) groups is 1. The molecule has 1 rings (SSSR count). The first kappa shape index (κ1) is 12.5. The van der Waals surface area contributed by atoms with Crippen LogP contribution in [0.1, 0.15) is 20.8 Å². The SMILES string of the molecule is CC1=C(C(=O)O)C(C(C)C)N(N)C(=N)N1C. The fourth-order valence-electron chi connectivity index (χ4n) is 1.93. The van der Waals surface area contributed by atoms with Crippen molar-refractivity contribution in [3.8, 4) is 0 Å². The molecule has 6 heteroatoms. The minimum Gasteiger partial charge on any atom is -0.478 e. The summed E-state index contributed by atoms with van der Waals surface area (Å²) in [6, 6.07) is -0.457. The molecule has 6 nitrogen and oxygen atoms in total. The third-order valence-electron chi connectivity index (χ3n) is 2.91. The molecule has 1 heterocycles. The van der Waals surface area contributed by atoms with Crippen LogP contribution in [0.3, 0.4) is 0 Å². The van der Waals surface area contributed by atoms with E-state index in [2.05, 4.69) is 0 Å². The molecule has 0 aromatic heterocycles. The van der Waals surface area contributed by atoms with E-state index in [0.717, 1.165) is 0 Å². The summed E-state index contributed by atoms with van der Waals surface area (Å²) in [5.41, 5.74) is 0.828. The lowest BCUT2D eigenvalue weighted by molar-refractivity contribution is -0.133. The number of aliphatic carboxylic acids is 1. The molecule has 0 aliphatic carbocycles. The van der Waals surface area contributed by atoms with Crippen LogP contribution < -0.4 is 5.84 Å². The van der Waals surface area contributed by atoms with Gasteiger partial charge in [0.15, 0.2) is 0 Å². The largest absolute Gasteiger partial charge is 0.478 e. The Morgan fingerprint density at radius 2 is 2.06 bits per heavy atom. The predicted molar refractivity (Wildman–Crippen MR) is 60.5 cm³/mol. The highest BCUT2D eigenvalue weighted by Gasteiger charge is 2.37. The molecular weight excluding hydrogens is 208 g/mol. The number of carboxylic acid groups (broad SMARTS) is 1. The third-order valence-corrected chi connectivity index (χ3v) is 2.91. The summed E-state index contributed by atoms with van der Waals surface area (Å²) < 4.78 is 0. The molecule has 0 bridgehead atoms. The second-order valence-corrected chi connectivity index (χ2v) is 4.28. The Hall–Kier alpha value is -1.56. The Kier molecular flexibility index (Phi) is 3.23. The van der Waals surface area contributed by atoms with Crippen molar-refractivity contribution in [1.29, 1.82) is 5.41 Å². The normalized spacial score (nSPS) is 22.1. The molecule has 4 N–H and O–H groups in total. The van der Waals surface area contributed by atoms with Crippen molar-refractivity contribution in [2.45, 2.75) is 26.8 Å². The van der Waals surface area contributed by atoms with Crippen molar-refractivity contribution < 1.29 is 9.90 Å². The van der Waals surface area contributed by atoms with Crippen molar-refractivity contribution in [3.05, 3.63) is 11.3 Å². The third kappa shape index (κ3) is 1.76. The maximum Gasteiger partial charge on any atom is 0.335 e. The van der Waals surface area contributed by atoms with Gasteiger partial charge in [0, 0.05) is 12.7 Å². The molecule has 0 aromatic rings. The maximum absolute atomic E-state index is 11.2. The highest BCUT2D eigenvalue weighted by Crippen LogP contribution is 2.27. The molecule has 1 unspecified atom stereocenters. The lowest BCUT2D eigenvalue weighted by atomic mass is 9.92. The summed E-state index contributed by atoms with van der Waals surface area (Å²) >= 11 is 0. The van der Waals surface area contributed by atoms with Crippen LogP contribution >= 0.6 is 0 Å². The van der Waals surface area contributed by atoms with Crippen molar-refractivity contribution in [3.63, 3.8) is 0 Å². The number of nitrogens with two attached hydrogens (primary N) is 1. The van der Waals surface area contributed by atoms with Crippen LogP contribution in [0.4, 0.5) is 0 Å². The first-order chi connectivity index (χ1) is 7.29. The molecule has 1 atom stereocenters. The van der Waals surface area contributed by atoms with E-state index < -0.39 is 12.0 Å². The fraction of sp³-hybridized carbons (Fsp3) is 0.600. The molecular formula is C10H18N4O2. The van der Waals surface area contributed by atoms with E-state index in [1.807, 2.05) is 13.8 Å². The van der Waals surface area contributed by atoms with E-state index in [-0.39, 0.29) is 17.5 Å². The van der Waals surface area contributed by atoms with Crippen molar-refractivity contribution in [1.82, 2.24) is 9.91 Å². The van der Waals surface area contributed by atoms with Crippen LogP contribution in [-0.2, 0) is 4.79 Å². The molecule has 0 radical (unpaired) electrons. The number of carboxylic acids is 1. The van der Waals surface area contributed by atoms with E-state index >= 15 is 0 Å². The number of nitrogens with one attached hydrogen (secondary N) is 1. The molecule has 1 aliphatic rings. The summed E-state index contributed by atoms with van der Waals surface area (Å²) in [5.74, 6) is 4.93. The monoisotopic (exact) mass is 226 g/mol. The van der Waals surface area contributed by atoms with Gasteiger partial charge in [0.2, 0.25) is 5.96 Å². The zero-order valence-corrected chi connectivity index (χ0v) is 9.98. The fourth-order valence-corrected chi connectivity index (χ4v) is 1.93. The van der Waals surface area contributed by atoms with Gasteiger partial charge in [0.1, 0.15) is 0 Å². The van der Waals surface area contributed by atoms with Crippen LogP contribution in [0.2, 0.25) is 0 Å². The second kappa shape index (κ2) is 4.13. The van der Waals surface area contributed by atoms with E-state index in [9.17, 15) is 9.90 Å². The average molecular weight is 226 g/mol. The first-order valence-electron chi connectivity index (χ1n) is 5.09. The van der Waals surface area contributed by atoms with Crippen molar-refractivity contribution in [2.24, 2.45) is 11.8 Å². The minimum absolute atomic E-state index is 0.0279. The molecule has 16 heavy (non-hydrogen) atoms. The Morgan fingerprint density at radius 1 is 1.56 bits per heavy atom. The van der Waals surface area contributed by atoms with Crippen LogP contribution in [0, 0.1) is 11.3 Å². The van der Waals surface area contributed by atoms with Crippen LogP contribution in [0.5, 0.6) is 0 Å². The lowest BCUT2D eigenvalue weighted by Gasteiger charge is -2.41. The van der Waals surface area contributed by atoms with Gasteiger partial charge in [0.05, 0.1) is 11.6 Å². The topological polar surface area (TPSA) is 93.6 Å². The molecule has 0 fully saturated rings. The molecule has 0 amide bonds. The number of allylic oxidation sites excluding steroid dienone is 1. The van der Waals surface area contributed by atoms with Crippen molar-refractivity contribution in [2.75, 3.05) is 7.05 Å². The van der Waals surface area contributed by atoms with Gasteiger partial charge in [-0.3, -0.25) is 10.4 Å². The summed E-state index contributed by atoms with van der Waals surface area (Å²) in [4.78, 5) is 12.7. The number of rotatable bonds is 2. The molecule has 0 saturated carbocycles. The maximum atomic E-state index is 11.2. The van der Waals surface area contributed by atoms with E-state index in [1.165, 1.54) is 9.91 Å². The highest BCUT2D eigenvalue weighted by atomic mass is 16.4. The summed E-state index contributed by atoms with van der Waals surface area (Å²) in [5, 5.41) is 18.2. The van der Waals surface area contributed by atoms with E-state index in [4.69, 9.17) is 11.3 Å². The number of hydrazine groups is 1. The van der Waals surface area contributed by atoms with Gasteiger partial charge >= 0.3 is 5.97 Å². The summed E-state index contributed by atoms with van der Waals surface area (Å²) in [6.07, 6.45) is 0. The lowest BCUT2D eigenvalue weighted by Crippen LogP contribution is -2.58. The summed E-state index contributed by atoms with van der Waals surface area (Å²) in [7, 11) is 1.64. The van der Waals surface area contributed by atoms with E-state index in [0.29, 0.717) is 5.70 Å². The quantitative estimate of drug-likeness (QED) is 0.593. The zero-order chi connectivity index (χ0) is 12.6. The van der Waals surface area contributed by atoms with Crippen molar-refractivity contribution >= 4 is 11.9 Å². The average Bonchev–Trinajstić information content (AvgIpc) is 2.18. The number of hydrogen-bond acceptors (Lipinski definition) is 3. The molecule has 90 valence electrons.